The molecule has 0 bridgehead atoms. The smallest absolute Gasteiger partial charge is 0.0943 e. The highest BCUT2D eigenvalue weighted by Gasteiger charge is 2.44. The Kier molecular flexibility index (Phi) is 10.2. The molecule has 0 heterocycles. The Morgan fingerprint density at radius 2 is 1.62 bits per heavy atom. The molecule has 1 saturated carbocycles. The van der Waals surface area contributed by atoms with Crippen LogP contribution in [-0.2, 0) is 0 Å². The van der Waals surface area contributed by atoms with Gasteiger partial charge in [-0.15, -0.1) is 0 Å². The summed E-state index contributed by atoms with van der Waals surface area (Å²) < 4.78 is 0. The molecule has 2 atom stereocenters. The summed E-state index contributed by atoms with van der Waals surface area (Å²) in [5.41, 5.74) is 2.08. The summed E-state index contributed by atoms with van der Waals surface area (Å²) in [5.74, 6) is 0.712. The SMILES string of the molecule is CC[SiH](CC)CC.Cc1cc(Cl)c(C(O)CNC[C@@H]2CC2(C)C)c(Cl)c1. The Morgan fingerprint density at radius 1 is 1.15 bits per heavy atom. The monoisotopic (exact) mass is 417 g/mol. The molecule has 1 fully saturated rings. The van der Waals surface area contributed by atoms with Gasteiger partial charge in [-0.05, 0) is 48.9 Å². The van der Waals surface area contributed by atoms with Crippen LogP contribution in [0.15, 0.2) is 12.1 Å². The van der Waals surface area contributed by atoms with Crippen molar-refractivity contribution in [2.24, 2.45) is 11.3 Å². The molecule has 0 saturated heterocycles. The lowest BCUT2D eigenvalue weighted by molar-refractivity contribution is 0.174. The van der Waals surface area contributed by atoms with Gasteiger partial charge >= 0.3 is 0 Å². The largest absolute Gasteiger partial charge is 0.387 e. The number of hydrogen-bond acceptors (Lipinski definition) is 2. The molecule has 1 aliphatic carbocycles. The number of hydrogen-bond donors (Lipinski definition) is 2. The van der Waals surface area contributed by atoms with Gasteiger partial charge in [-0.1, -0.05) is 76.0 Å². The maximum Gasteiger partial charge on any atom is 0.0943 e. The molecule has 1 aliphatic rings. The van der Waals surface area contributed by atoms with Gasteiger partial charge in [0.2, 0.25) is 0 Å². The van der Waals surface area contributed by atoms with E-state index in [1.54, 1.807) is 0 Å². The number of aliphatic hydroxyl groups excluding tert-OH is 1. The summed E-state index contributed by atoms with van der Waals surface area (Å²) in [7, 11) is -0.171. The van der Waals surface area contributed by atoms with Crippen molar-refractivity contribution in [3.05, 3.63) is 33.3 Å². The van der Waals surface area contributed by atoms with Crippen molar-refractivity contribution in [1.82, 2.24) is 5.32 Å². The Bertz CT molecular complexity index is 532. The third-order valence-corrected chi connectivity index (χ3v) is 9.82. The maximum absolute atomic E-state index is 10.2. The minimum Gasteiger partial charge on any atom is -0.387 e. The zero-order valence-corrected chi connectivity index (χ0v) is 20.0. The van der Waals surface area contributed by atoms with E-state index < -0.39 is 6.10 Å². The van der Waals surface area contributed by atoms with Crippen molar-refractivity contribution in [3.63, 3.8) is 0 Å². The molecule has 0 spiro atoms. The number of aliphatic hydroxyl groups is 1. The number of nitrogens with one attached hydrogen (secondary N) is 1. The van der Waals surface area contributed by atoms with Gasteiger partial charge in [-0.3, -0.25) is 0 Å². The molecule has 0 radical (unpaired) electrons. The van der Waals surface area contributed by atoms with E-state index in [0.717, 1.165) is 12.1 Å². The van der Waals surface area contributed by atoms with Crippen molar-refractivity contribution in [3.8, 4) is 0 Å². The first-order valence-corrected chi connectivity index (χ1v) is 13.2. The molecule has 0 amide bonds. The molecular formula is C21H37Cl2NOSi. The van der Waals surface area contributed by atoms with Crippen LogP contribution in [0.1, 0.15) is 58.3 Å². The zero-order valence-electron chi connectivity index (χ0n) is 17.3. The summed E-state index contributed by atoms with van der Waals surface area (Å²) in [6.45, 7) is 14.9. The van der Waals surface area contributed by atoms with Crippen LogP contribution in [-0.4, -0.2) is 27.0 Å². The van der Waals surface area contributed by atoms with Crippen LogP contribution >= 0.6 is 23.2 Å². The van der Waals surface area contributed by atoms with E-state index in [1.807, 2.05) is 19.1 Å². The van der Waals surface area contributed by atoms with Crippen LogP contribution < -0.4 is 5.32 Å². The first-order chi connectivity index (χ1) is 12.2. The van der Waals surface area contributed by atoms with Crippen LogP contribution in [0.5, 0.6) is 0 Å². The zero-order chi connectivity index (χ0) is 19.9. The minimum atomic E-state index is -0.664. The second-order valence-corrected chi connectivity index (χ2v) is 13.3. The van der Waals surface area contributed by atoms with Gasteiger partial charge in [0.1, 0.15) is 0 Å². The normalized spacial score (nSPS) is 19.1. The number of halogens is 2. The highest BCUT2D eigenvalue weighted by Crippen LogP contribution is 2.51. The fourth-order valence-corrected chi connectivity index (χ4v) is 5.90. The van der Waals surface area contributed by atoms with Gasteiger partial charge in [0.25, 0.3) is 0 Å². The lowest BCUT2D eigenvalue weighted by atomic mass is 10.1. The Balaban J connectivity index is 0.000000412. The van der Waals surface area contributed by atoms with Crippen molar-refractivity contribution >= 4 is 32.0 Å². The average molecular weight is 419 g/mol. The number of aryl methyl sites for hydroxylation is 1. The van der Waals surface area contributed by atoms with Crippen molar-refractivity contribution < 1.29 is 5.11 Å². The molecule has 150 valence electrons. The minimum absolute atomic E-state index is 0.171. The molecule has 0 aliphatic heterocycles. The molecule has 1 unspecified atom stereocenters. The van der Waals surface area contributed by atoms with Crippen LogP contribution in [0.2, 0.25) is 28.2 Å². The van der Waals surface area contributed by atoms with E-state index in [2.05, 4.69) is 39.9 Å². The predicted octanol–water partition coefficient (Wildman–Crippen LogP) is 6.24. The summed E-state index contributed by atoms with van der Waals surface area (Å²) in [4.78, 5) is 0. The molecule has 26 heavy (non-hydrogen) atoms. The topological polar surface area (TPSA) is 32.3 Å². The van der Waals surface area contributed by atoms with Gasteiger partial charge in [0.05, 0.1) is 6.10 Å². The van der Waals surface area contributed by atoms with E-state index in [9.17, 15) is 5.11 Å². The first kappa shape index (κ1) is 24.0. The highest BCUT2D eigenvalue weighted by molar-refractivity contribution is 6.58. The molecule has 2 nitrogen and oxygen atoms in total. The van der Waals surface area contributed by atoms with Gasteiger partial charge < -0.3 is 10.4 Å². The van der Waals surface area contributed by atoms with Gasteiger partial charge in [0.15, 0.2) is 0 Å². The Hall–Kier alpha value is -0.0631. The first-order valence-electron chi connectivity index (χ1n) is 10.00. The number of rotatable bonds is 8. The fraction of sp³-hybridized carbons (Fsp3) is 0.714. The highest BCUT2D eigenvalue weighted by atomic mass is 35.5. The molecule has 5 heteroatoms. The van der Waals surface area contributed by atoms with E-state index in [-0.39, 0.29) is 8.80 Å². The summed E-state index contributed by atoms with van der Waals surface area (Å²) in [5, 5.41) is 14.6. The third-order valence-electron chi connectivity index (χ3n) is 5.73. The molecule has 1 aromatic carbocycles. The predicted molar refractivity (Wildman–Crippen MR) is 120 cm³/mol. The lowest BCUT2D eigenvalue weighted by Crippen LogP contribution is -2.25. The quantitative estimate of drug-likeness (QED) is 0.490. The summed E-state index contributed by atoms with van der Waals surface area (Å²) in [6.07, 6.45) is 0.588. The average Bonchev–Trinajstić information content (AvgIpc) is 3.15. The summed E-state index contributed by atoms with van der Waals surface area (Å²) in [6, 6.07) is 8.14. The van der Waals surface area contributed by atoms with Gasteiger partial charge in [-0.2, -0.15) is 0 Å². The van der Waals surface area contributed by atoms with Crippen LogP contribution in [0.4, 0.5) is 0 Å². The van der Waals surface area contributed by atoms with E-state index in [0.29, 0.717) is 33.5 Å². The van der Waals surface area contributed by atoms with Gasteiger partial charge in [0, 0.05) is 31.0 Å². The molecule has 0 aromatic heterocycles. The van der Waals surface area contributed by atoms with E-state index in [1.165, 1.54) is 24.6 Å². The molecular weight excluding hydrogens is 381 g/mol. The van der Waals surface area contributed by atoms with Crippen molar-refractivity contribution in [2.75, 3.05) is 13.1 Å². The Labute approximate surface area is 172 Å². The number of benzene rings is 1. The van der Waals surface area contributed by atoms with E-state index in [4.69, 9.17) is 23.2 Å². The maximum atomic E-state index is 10.2. The fourth-order valence-electron chi connectivity index (χ4n) is 3.32. The third kappa shape index (κ3) is 7.51. The van der Waals surface area contributed by atoms with Gasteiger partial charge in [-0.25, -0.2) is 0 Å². The molecule has 2 N–H and O–H groups in total. The van der Waals surface area contributed by atoms with Crippen molar-refractivity contribution in [1.29, 1.82) is 0 Å². The second kappa shape index (κ2) is 11.1. The lowest BCUT2D eigenvalue weighted by Gasteiger charge is -2.16. The molecule has 2 rings (SSSR count). The molecule has 1 aromatic rings. The van der Waals surface area contributed by atoms with Crippen LogP contribution in [0, 0.1) is 18.3 Å². The van der Waals surface area contributed by atoms with Crippen LogP contribution in [0.3, 0.4) is 0 Å². The second-order valence-electron chi connectivity index (χ2n) is 8.30. The summed E-state index contributed by atoms with van der Waals surface area (Å²) >= 11 is 12.3. The van der Waals surface area contributed by atoms with E-state index >= 15 is 0 Å². The van der Waals surface area contributed by atoms with Crippen LogP contribution in [0.25, 0.3) is 0 Å². The standard InChI is InChI=1S/C15H21Cl2NO.C6H16Si/c1-9-4-11(16)14(12(17)5-9)13(19)8-18-7-10-6-15(10,2)3;1-4-7(5-2)6-3/h4-5,10,13,18-19H,6-8H2,1-3H3;7H,4-6H2,1-3H3/t10-,13?;/m0./s1. The Morgan fingerprint density at radius 3 is 1.96 bits per heavy atom. The van der Waals surface area contributed by atoms with Crippen molar-refractivity contribution in [2.45, 2.75) is 72.2 Å².